The van der Waals surface area contributed by atoms with Crippen LogP contribution in [0.1, 0.15) is 55.4 Å². The van der Waals surface area contributed by atoms with Crippen LogP contribution in [0.2, 0.25) is 0 Å². The molecule has 1 atom stereocenters. The highest BCUT2D eigenvalue weighted by Crippen LogP contribution is 2.44. The molecule has 0 unspecified atom stereocenters. The fraction of sp³-hybridized carbons (Fsp3) is 0.455. The van der Waals surface area contributed by atoms with Gasteiger partial charge in [0, 0.05) is 17.0 Å². The van der Waals surface area contributed by atoms with Crippen molar-refractivity contribution in [3.05, 3.63) is 52.6 Å². The molecular formula is C22H26O3. The van der Waals surface area contributed by atoms with Gasteiger partial charge in [-0.25, -0.2) is 0 Å². The number of aryl methyl sites for hydroxylation is 1. The number of fused-ring (bicyclic) bond motifs is 3. The van der Waals surface area contributed by atoms with E-state index in [9.17, 15) is 5.11 Å². The molecule has 0 aliphatic carbocycles. The summed E-state index contributed by atoms with van der Waals surface area (Å²) in [6, 6.07) is 10.2. The fourth-order valence-electron chi connectivity index (χ4n) is 3.97. The van der Waals surface area contributed by atoms with Gasteiger partial charge in [0.1, 0.15) is 22.8 Å². The number of phenols is 1. The maximum atomic E-state index is 10.4. The molecule has 0 radical (unpaired) electrons. The lowest BCUT2D eigenvalue weighted by atomic mass is 9.86. The van der Waals surface area contributed by atoms with Gasteiger partial charge in [0.2, 0.25) is 0 Å². The van der Waals surface area contributed by atoms with Gasteiger partial charge in [-0.15, -0.1) is 0 Å². The number of ether oxygens (including phenoxy) is 2. The molecule has 0 amide bonds. The predicted molar refractivity (Wildman–Crippen MR) is 98.9 cm³/mol. The molecule has 2 aliphatic heterocycles. The van der Waals surface area contributed by atoms with Gasteiger partial charge >= 0.3 is 0 Å². The van der Waals surface area contributed by atoms with E-state index in [0.717, 1.165) is 48.3 Å². The van der Waals surface area contributed by atoms with Crippen LogP contribution in [0.4, 0.5) is 0 Å². The van der Waals surface area contributed by atoms with E-state index < -0.39 is 0 Å². The Labute approximate surface area is 149 Å². The third kappa shape index (κ3) is 2.97. The Hall–Kier alpha value is -2.16. The molecule has 0 fully saturated rings. The summed E-state index contributed by atoms with van der Waals surface area (Å²) in [6.07, 6.45) is 3.82. The zero-order chi connectivity index (χ0) is 17.6. The SMILES string of the molecule is CCc1ccc([C@H]2COc3c(ccc4c3CCC(C)(C)O4)C2)c(O)c1. The molecule has 3 nitrogen and oxygen atoms in total. The van der Waals surface area contributed by atoms with Crippen molar-refractivity contribution < 1.29 is 14.6 Å². The van der Waals surface area contributed by atoms with Crippen molar-refractivity contribution in [3.8, 4) is 17.2 Å². The van der Waals surface area contributed by atoms with Crippen molar-refractivity contribution >= 4 is 0 Å². The highest BCUT2D eigenvalue weighted by atomic mass is 16.5. The average molecular weight is 338 g/mol. The predicted octanol–water partition coefficient (Wildman–Crippen LogP) is 4.78. The number of hydrogen-bond donors (Lipinski definition) is 1. The molecule has 1 N–H and O–H groups in total. The summed E-state index contributed by atoms with van der Waals surface area (Å²) < 4.78 is 12.3. The molecule has 25 heavy (non-hydrogen) atoms. The second-order valence-electron chi connectivity index (χ2n) is 7.85. The summed E-state index contributed by atoms with van der Waals surface area (Å²) in [7, 11) is 0. The summed E-state index contributed by atoms with van der Waals surface area (Å²) in [5.41, 5.74) is 4.47. The van der Waals surface area contributed by atoms with Crippen LogP contribution < -0.4 is 9.47 Å². The largest absolute Gasteiger partial charge is 0.508 e. The maximum absolute atomic E-state index is 10.4. The van der Waals surface area contributed by atoms with Crippen molar-refractivity contribution in [3.63, 3.8) is 0 Å². The minimum Gasteiger partial charge on any atom is -0.508 e. The second kappa shape index (κ2) is 5.98. The van der Waals surface area contributed by atoms with Crippen molar-refractivity contribution in [2.75, 3.05) is 6.61 Å². The normalized spacial score (nSPS) is 20.8. The Morgan fingerprint density at radius 1 is 1.20 bits per heavy atom. The molecule has 0 aromatic heterocycles. The number of phenolic OH excluding ortho intramolecular Hbond substituents is 1. The zero-order valence-corrected chi connectivity index (χ0v) is 15.3. The molecule has 0 saturated heterocycles. The molecule has 0 saturated carbocycles. The number of hydrogen-bond acceptors (Lipinski definition) is 3. The molecule has 132 valence electrons. The van der Waals surface area contributed by atoms with Crippen LogP contribution in [0.15, 0.2) is 30.3 Å². The summed E-state index contributed by atoms with van der Waals surface area (Å²) >= 11 is 0. The van der Waals surface area contributed by atoms with Crippen LogP contribution in [-0.4, -0.2) is 17.3 Å². The lowest BCUT2D eigenvalue weighted by Gasteiger charge is -2.35. The van der Waals surface area contributed by atoms with E-state index in [0.29, 0.717) is 12.4 Å². The topological polar surface area (TPSA) is 38.7 Å². The van der Waals surface area contributed by atoms with Crippen LogP contribution in [0.3, 0.4) is 0 Å². The molecular weight excluding hydrogens is 312 g/mol. The van der Waals surface area contributed by atoms with E-state index in [2.05, 4.69) is 45.0 Å². The van der Waals surface area contributed by atoms with Gasteiger partial charge in [-0.05, 0) is 62.8 Å². The van der Waals surface area contributed by atoms with Crippen LogP contribution in [0, 0.1) is 0 Å². The van der Waals surface area contributed by atoms with Gasteiger partial charge in [-0.2, -0.15) is 0 Å². The minimum absolute atomic E-state index is 0.106. The molecule has 0 spiro atoms. The van der Waals surface area contributed by atoms with Crippen LogP contribution in [0.5, 0.6) is 17.2 Å². The maximum Gasteiger partial charge on any atom is 0.129 e. The van der Waals surface area contributed by atoms with Gasteiger partial charge in [-0.3, -0.25) is 0 Å². The number of benzene rings is 2. The first-order chi connectivity index (χ1) is 12.0. The Bertz CT molecular complexity index is 807. The molecule has 4 rings (SSSR count). The van der Waals surface area contributed by atoms with Gasteiger partial charge in [0.25, 0.3) is 0 Å². The number of rotatable bonds is 2. The zero-order valence-electron chi connectivity index (χ0n) is 15.3. The first-order valence-corrected chi connectivity index (χ1v) is 9.25. The van der Waals surface area contributed by atoms with Gasteiger partial charge < -0.3 is 14.6 Å². The average Bonchev–Trinajstić information content (AvgIpc) is 2.60. The Morgan fingerprint density at radius 3 is 2.80 bits per heavy atom. The minimum atomic E-state index is -0.106. The Morgan fingerprint density at radius 2 is 2.04 bits per heavy atom. The lowest BCUT2D eigenvalue weighted by molar-refractivity contribution is 0.0826. The molecule has 2 heterocycles. The summed E-state index contributed by atoms with van der Waals surface area (Å²) in [5, 5.41) is 10.4. The quantitative estimate of drug-likeness (QED) is 0.857. The van der Waals surface area contributed by atoms with Crippen molar-refractivity contribution in [2.24, 2.45) is 0 Å². The highest BCUT2D eigenvalue weighted by Gasteiger charge is 2.32. The second-order valence-corrected chi connectivity index (χ2v) is 7.85. The Balaban J connectivity index is 1.63. The summed E-state index contributed by atoms with van der Waals surface area (Å²) in [5.74, 6) is 2.55. The van der Waals surface area contributed by atoms with Crippen LogP contribution in [0.25, 0.3) is 0 Å². The Kier molecular flexibility index (Phi) is 3.90. The molecule has 2 aromatic rings. The lowest BCUT2D eigenvalue weighted by Crippen LogP contribution is -2.33. The third-order valence-electron chi connectivity index (χ3n) is 5.50. The van der Waals surface area contributed by atoms with E-state index in [1.54, 1.807) is 0 Å². The summed E-state index contributed by atoms with van der Waals surface area (Å²) in [4.78, 5) is 0. The van der Waals surface area contributed by atoms with E-state index in [-0.39, 0.29) is 11.5 Å². The van der Waals surface area contributed by atoms with E-state index in [1.807, 2.05) is 6.07 Å². The van der Waals surface area contributed by atoms with E-state index >= 15 is 0 Å². The van der Waals surface area contributed by atoms with Crippen molar-refractivity contribution in [2.45, 2.75) is 58.0 Å². The molecule has 2 aromatic carbocycles. The smallest absolute Gasteiger partial charge is 0.129 e. The molecule has 2 aliphatic rings. The van der Waals surface area contributed by atoms with E-state index in [4.69, 9.17) is 9.47 Å². The third-order valence-corrected chi connectivity index (χ3v) is 5.50. The van der Waals surface area contributed by atoms with Crippen LogP contribution >= 0.6 is 0 Å². The first kappa shape index (κ1) is 16.3. The van der Waals surface area contributed by atoms with Gasteiger partial charge in [0.15, 0.2) is 0 Å². The van der Waals surface area contributed by atoms with Crippen molar-refractivity contribution in [1.82, 2.24) is 0 Å². The first-order valence-electron chi connectivity index (χ1n) is 9.25. The highest BCUT2D eigenvalue weighted by molar-refractivity contribution is 5.53. The van der Waals surface area contributed by atoms with Crippen LogP contribution in [-0.2, 0) is 19.3 Å². The standard InChI is InChI=1S/C22H26O3/c1-4-14-5-7-17(19(23)11-14)16-12-15-6-8-20-18(21(15)24-13-16)9-10-22(2,3)25-20/h5-8,11,16,23H,4,9-10,12-13H2,1-3H3/t16-/m1/s1. The monoisotopic (exact) mass is 338 g/mol. The molecule has 0 bridgehead atoms. The van der Waals surface area contributed by atoms with Crippen molar-refractivity contribution in [1.29, 1.82) is 0 Å². The molecule has 3 heteroatoms. The van der Waals surface area contributed by atoms with Gasteiger partial charge in [0.05, 0.1) is 6.61 Å². The fourth-order valence-corrected chi connectivity index (χ4v) is 3.97. The number of aromatic hydroxyl groups is 1. The van der Waals surface area contributed by atoms with E-state index in [1.165, 1.54) is 11.1 Å². The van der Waals surface area contributed by atoms with Gasteiger partial charge in [-0.1, -0.05) is 25.1 Å². The summed E-state index contributed by atoms with van der Waals surface area (Å²) in [6.45, 7) is 6.97.